The molecule has 0 spiro atoms. The molecule has 5 heteroatoms. The Morgan fingerprint density at radius 1 is 1.53 bits per heavy atom. The van der Waals surface area contributed by atoms with Crippen molar-refractivity contribution in [1.29, 1.82) is 0 Å². The summed E-state index contributed by atoms with van der Waals surface area (Å²) >= 11 is 0. The zero-order chi connectivity index (χ0) is 11.4. The molecule has 0 radical (unpaired) electrons. The first-order chi connectivity index (χ1) is 7.10. The van der Waals surface area contributed by atoms with Gasteiger partial charge in [0, 0.05) is 13.2 Å². The van der Waals surface area contributed by atoms with E-state index < -0.39 is 5.97 Å². The van der Waals surface area contributed by atoms with Crippen molar-refractivity contribution in [3.63, 3.8) is 0 Å². The van der Waals surface area contributed by atoms with Crippen LogP contribution in [0.25, 0.3) is 0 Å². The van der Waals surface area contributed by atoms with Crippen LogP contribution in [0.3, 0.4) is 0 Å². The van der Waals surface area contributed by atoms with E-state index >= 15 is 0 Å². The number of aromatic carboxylic acids is 1. The number of aromatic nitrogens is 1. The van der Waals surface area contributed by atoms with Crippen molar-refractivity contribution in [3.8, 4) is 0 Å². The van der Waals surface area contributed by atoms with Crippen molar-refractivity contribution in [1.82, 2.24) is 10.3 Å². The van der Waals surface area contributed by atoms with Gasteiger partial charge in [-0.3, -0.25) is 9.78 Å². The molecule has 0 unspecified atom stereocenters. The first-order valence-corrected chi connectivity index (χ1v) is 4.54. The highest BCUT2D eigenvalue weighted by molar-refractivity contribution is 5.96. The fourth-order valence-corrected chi connectivity index (χ4v) is 1.22. The summed E-state index contributed by atoms with van der Waals surface area (Å²) in [5.74, 6) is -1.43. The Balaban J connectivity index is 3.22. The van der Waals surface area contributed by atoms with Gasteiger partial charge in [0.15, 0.2) is 0 Å². The van der Waals surface area contributed by atoms with E-state index in [1.54, 1.807) is 0 Å². The smallest absolute Gasteiger partial charge is 0.336 e. The number of aryl methyl sites for hydroxylation is 1. The number of pyridine rings is 1. The Kier molecular flexibility index (Phi) is 3.38. The molecule has 5 nitrogen and oxygen atoms in total. The van der Waals surface area contributed by atoms with Crippen LogP contribution in [0.5, 0.6) is 0 Å². The predicted molar refractivity (Wildman–Crippen MR) is 54.0 cm³/mol. The number of carbonyl (C=O) groups excluding carboxylic acids is 1. The van der Waals surface area contributed by atoms with Gasteiger partial charge in [-0.1, -0.05) is 6.92 Å². The monoisotopic (exact) mass is 208 g/mol. The van der Waals surface area contributed by atoms with Gasteiger partial charge in [0.1, 0.15) is 5.69 Å². The highest BCUT2D eigenvalue weighted by Gasteiger charge is 2.13. The van der Waals surface area contributed by atoms with E-state index in [0.29, 0.717) is 12.0 Å². The van der Waals surface area contributed by atoms with E-state index in [1.165, 1.54) is 19.3 Å². The fraction of sp³-hybridized carbons (Fsp3) is 0.300. The maximum Gasteiger partial charge on any atom is 0.336 e. The van der Waals surface area contributed by atoms with Gasteiger partial charge in [-0.15, -0.1) is 0 Å². The Bertz CT molecular complexity index is 402. The third-order valence-electron chi connectivity index (χ3n) is 2.06. The second-order valence-electron chi connectivity index (χ2n) is 2.96. The molecule has 1 aromatic heterocycles. The number of hydrogen-bond donors (Lipinski definition) is 2. The highest BCUT2D eigenvalue weighted by atomic mass is 16.4. The molecule has 1 rings (SSSR count). The lowest BCUT2D eigenvalue weighted by Gasteiger charge is -2.05. The van der Waals surface area contributed by atoms with Gasteiger partial charge in [0.2, 0.25) is 0 Å². The van der Waals surface area contributed by atoms with Crippen LogP contribution in [0.2, 0.25) is 0 Å². The molecule has 80 valence electrons. The molecule has 15 heavy (non-hydrogen) atoms. The second kappa shape index (κ2) is 4.54. The SMILES string of the molecule is CCc1cnc(C(=O)NC)cc1C(=O)O. The van der Waals surface area contributed by atoms with E-state index in [4.69, 9.17) is 5.11 Å². The molecule has 1 amide bonds. The summed E-state index contributed by atoms with van der Waals surface area (Å²) in [6.07, 6.45) is 2.00. The topological polar surface area (TPSA) is 79.3 Å². The molecule has 2 N–H and O–H groups in total. The summed E-state index contributed by atoms with van der Waals surface area (Å²) in [5, 5.41) is 11.3. The van der Waals surface area contributed by atoms with Gasteiger partial charge in [-0.2, -0.15) is 0 Å². The Morgan fingerprint density at radius 3 is 2.67 bits per heavy atom. The van der Waals surface area contributed by atoms with E-state index in [-0.39, 0.29) is 17.2 Å². The third-order valence-corrected chi connectivity index (χ3v) is 2.06. The summed E-state index contributed by atoms with van der Waals surface area (Å²) in [5.41, 5.74) is 0.869. The lowest BCUT2D eigenvalue weighted by molar-refractivity contribution is 0.0695. The van der Waals surface area contributed by atoms with Gasteiger partial charge in [-0.05, 0) is 18.1 Å². The predicted octanol–water partition coefficient (Wildman–Crippen LogP) is 0.702. The van der Waals surface area contributed by atoms with Crippen LogP contribution in [0.15, 0.2) is 12.3 Å². The van der Waals surface area contributed by atoms with Crippen molar-refractivity contribution in [2.45, 2.75) is 13.3 Å². The second-order valence-corrected chi connectivity index (χ2v) is 2.96. The molecule has 0 saturated carbocycles. The number of nitrogens with one attached hydrogen (secondary N) is 1. The first-order valence-electron chi connectivity index (χ1n) is 4.54. The number of amides is 1. The zero-order valence-corrected chi connectivity index (χ0v) is 8.57. The van der Waals surface area contributed by atoms with Gasteiger partial charge in [-0.25, -0.2) is 4.79 Å². The van der Waals surface area contributed by atoms with E-state index in [2.05, 4.69) is 10.3 Å². The van der Waals surface area contributed by atoms with E-state index in [0.717, 1.165) is 0 Å². The van der Waals surface area contributed by atoms with Gasteiger partial charge >= 0.3 is 5.97 Å². The minimum Gasteiger partial charge on any atom is -0.478 e. The summed E-state index contributed by atoms with van der Waals surface area (Å²) in [6.45, 7) is 1.84. The molecule has 0 bridgehead atoms. The van der Waals surface area contributed by atoms with Crippen LogP contribution in [0, 0.1) is 0 Å². The molecule has 0 fully saturated rings. The van der Waals surface area contributed by atoms with Crippen molar-refractivity contribution < 1.29 is 14.7 Å². The average Bonchev–Trinajstić information content (AvgIpc) is 2.27. The molecule has 1 heterocycles. The molecule has 0 aliphatic carbocycles. The number of nitrogens with zero attached hydrogens (tertiary/aromatic N) is 1. The van der Waals surface area contributed by atoms with Crippen LogP contribution in [-0.2, 0) is 6.42 Å². The quantitative estimate of drug-likeness (QED) is 0.766. The lowest BCUT2D eigenvalue weighted by Crippen LogP contribution is -2.20. The van der Waals surface area contributed by atoms with Crippen molar-refractivity contribution in [3.05, 3.63) is 29.1 Å². The molecule has 0 aromatic carbocycles. The summed E-state index contributed by atoms with van der Waals surface area (Å²) in [7, 11) is 1.47. The van der Waals surface area contributed by atoms with Crippen LogP contribution < -0.4 is 5.32 Å². The maximum atomic E-state index is 11.2. The summed E-state index contributed by atoms with van der Waals surface area (Å²) < 4.78 is 0. The largest absolute Gasteiger partial charge is 0.478 e. The van der Waals surface area contributed by atoms with Crippen molar-refractivity contribution in [2.24, 2.45) is 0 Å². The Labute approximate surface area is 87.1 Å². The normalized spacial score (nSPS) is 9.73. The number of hydrogen-bond acceptors (Lipinski definition) is 3. The zero-order valence-electron chi connectivity index (χ0n) is 8.57. The first kappa shape index (κ1) is 11.2. The average molecular weight is 208 g/mol. The summed E-state index contributed by atoms with van der Waals surface area (Å²) in [4.78, 5) is 26.0. The molecule has 0 aliphatic rings. The Morgan fingerprint density at radius 2 is 2.20 bits per heavy atom. The van der Waals surface area contributed by atoms with Crippen LogP contribution >= 0.6 is 0 Å². The minimum atomic E-state index is -1.04. The molecule has 1 aromatic rings. The maximum absolute atomic E-state index is 11.2. The molecular weight excluding hydrogens is 196 g/mol. The number of carbonyl (C=O) groups is 2. The molecule has 0 saturated heterocycles. The van der Waals surface area contributed by atoms with Crippen molar-refractivity contribution >= 4 is 11.9 Å². The van der Waals surface area contributed by atoms with Crippen molar-refractivity contribution in [2.75, 3.05) is 7.05 Å². The molecular formula is C10H12N2O3. The number of carboxylic acids is 1. The minimum absolute atomic E-state index is 0.118. The van der Waals surface area contributed by atoms with Gasteiger partial charge < -0.3 is 10.4 Å². The van der Waals surface area contributed by atoms with E-state index in [1.807, 2.05) is 6.92 Å². The lowest BCUT2D eigenvalue weighted by atomic mass is 10.1. The van der Waals surface area contributed by atoms with Crippen LogP contribution in [-0.4, -0.2) is 29.0 Å². The van der Waals surface area contributed by atoms with E-state index in [9.17, 15) is 9.59 Å². The third kappa shape index (κ3) is 2.31. The number of carboxylic acid groups (broad SMARTS) is 1. The van der Waals surface area contributed by atoms with Crippen LogP contribution in [0.1, 0.15) is 33.3 Å². The fourth-order valence-electron chi connectivity index (χ4n) is 1.22. The van der Waals surface area contributed by atoms with Gasteiger partial charge in [0.25, 0.3) is 5.91 Å². The standard InChI is InChI=1S/C10H12N2O3/c1-3-6-5-12-8(9(13)11-2)4-7(6)10(14)15/h4-5H,3H2,1-2H3,(H,11,13)(H,14,15). The number of rotatable bonds is 3. The molecule has 0 atom stereocenters. The highest BCUT2D eigenvalue weighted by Crippen LogP contribution is 2.10. The van der Waals surface area contributed by atoms with Gasteiger partial charge in [0.05, 0.1) is 5.56 Å². The molecule has 0 aliphatic heterocycles. The Hall–Kier alpha value is -1.91. The van der Waals surface area contributed by atoms with Crippen LogP contribution in [0.4, 0.5) is 0 Å². The summed E-state index contributed by atoms with van der Waals surface area (Å²) in [6, 6.07) is 1.29.